The van der Waals surface area contributed by atoms with Crippen LogP contribution in [0.1, 0.15) is 17.0 Å². The maximum absolute atomic E-state index is 11.6. The third-order valence-corrected chi connectivity index (χ3v) is 4.46. The molecule has 0 aromatic carbocycles. The quantitative estimate of drug-likeness (QED) is 0.805. The molecule has 2 aromatic rings. The summed E-state index contributed by atoms with van der Waals surface area (Å²) in [5, 5.41) is 8.14. The maximum atomic E-state index is 11.6. The number of nitrogens with zero attached hydrogens (tertiary/aromatic N) is 4. The molecule has 0 unspecified atom stereocenters. The third kappa shape index (κ3) is 2.41. The summed E-state index contributed by atoms with van der Waals surface area (Å²) >= 11 is 0. The highest BCUT2D eigenvalue weighted by Gasteiger charge is 2.28. The van der Waals surface area contributed by atoms with Gasteiger partial charge in [-0.2, -0.15) is 9.40 Å². The summed E-state index contributed by atoms with van der Waals surface area (Å²) in [5.41, 5.74) is 1.61. The molecule has 3 rings (SSSR count). The van der Waals surface area contributed by atoms with Crippen LogP contribution < -0.4 is 0 Å². The molecule has 0 N–H and O–H groups in total. The van der Waals surface area contributed by atoms with E-state index in [-0.39, 0.29) is 0 Å². The summed E-state index contributed by atoms with van der Waals surface area (Å²) in [6, 6.07) is 1.83. The van der Waals surface area contributed by atoms with E-state index >= 15 is 0 Å². The van der Waals surface area contributed by atoms with E-state index in [1.807, 2.05) is 12.3 Å². The van der Waals surface area contributed by atoms with Crippen LogP contribution in [0.3, 0.4) is 0 Å². The molecular weight excluding hydrogens is 268 g/mol. The first-order valence-electron chi connectivity index (χ1n) is 5.93. The van der Waals surface area contributed by atoms with Gasteiger partial charge < -0.3 is 4.52 Å². The minimum atomic E-state index is -3.18. The molecule has 0 saturated carbocycles. The fraction of sp³-hybridized carbons (Fsp3) is 0.455. The van der Waals surface area contributed by atoms with E-state index in [2.05, 4.69) is 10.3 Å². The van der Waals surface area contributed by atoms with Crippen LogP contribution in [0.15, 0.2) is 23.0 Å². The monoisotopic (exact) mass is 282 g/mol. The van der Waals surface area contributed by atoms with Gasteiger partial charge in [0.1, 0.15) is 11.5 Å². The topological polar surface area (TPSA) is 81.2 Å². The van der Waals surface area contributed by atoms with Gasteiger partial charge in [-0.15, -0.1) is 0 Å². The first-order chi connectivity index (χ1) is 9.04. The number of fused-ring (bicyclic) bond motifs is 1. The van der Waals surface area contributed by atoms with Crippen molar-refractivity contribution in [3.63, 3.8) is 0 Å². The zero-order valence-electron chi connectivity index (χ0n) is 10.5. The Kier molecular flexibility index (Phi) is 2.90. The molecule has 2 aromatic heterocycles. The van der Waals surface area contributed by atoms with Gasteiger partial charge in [0.2, 0.25) is 10.0 Å². The molecule has 0 fully saturated rings. The van der Waals surface area contributed by atoms with Gasteiger partial charge in [-0.3, -0.25) is 4.68 Å². The number of sulfonamides is 1. The molecule has 0 spiro atoms. The first-order valence-corrected chi connectivity index (χ1v) is 7.78. The van der Waals surface area contributed by atoms with Crippen LogP contribution in [0.4, 0.5) is 0 Å². The second-order valence-corrected chi connectivity index (χ2v) is 6.56. The molecule has 0 bridgehead atoms. The van der Waals surface area contributed by atoms with E-state index in [1.165, 1.54) is 10.6 Å². The lowest BCUT2D eigenvalue weighted by Gasteiger charge is -2.23. The second-order valence-electron chi connectivity index (χ2n) is 4.58. The van der Waals surface area contributed by atoms with E-state index in [0.717, 1.165) is 17.0 Å². The lowest BCUT2D eigenvalue weighted by molar-refractivity contribution is 0.331. The predicted octanol–water partition coefficient (Wildman–Crippen LogP) is 0.237. The Bertz CT molecular complexity index is 675. The molecule has 1 aliphatic rings. The van der Waals surface area contributed by atoms with Crippen LogP contribution in [0.25, 0.3) is 0 Å². The van der Waals surface area contributed by atoms with Gasteiger partial charge in [-0.05, 0) is 6.07 Å². The molecule has 0 radical (unpaired) electrons. The standard InChI is InChI=1S/C11H14N4O3S/c1-19(16,17)15-6-3-11-9(7-15)10(13-18-11)8-14-5-2-4-12-14/h2,4-5H,3,6-8H2,1H3. The Hall–Kier alpha value is -1.67. The Morgan fingerprint density at radius 3 is 3.00 bits per heavy atom. The van der Waals surface area contributed by atoms with Crippen molar-refractivity contribution in [1.82, 2.24) is 19.2 Å². The fourth-order valence-corrected chi connectivity index (χ4v) is 2.98. The van der Waals surface area contributed by atoms with Gasteiger partial charge in [0, 0.05) is 37.5 Å². The SMILES string of the molecule is CS(=O)(=O)N1CCc2onc(Cn3cccn3)c2C1. The maximum Gasteiger partial charge on any atom is 0.211 e. The van der Waals surface area contributed by atoms with Crippen molar-refractivity contribution in [3.05, 3.63) is 35.5 Å². The van der Waals surface area contributed by atoms with Crippen molar-refractivity contribution in [3.8, 4) is 0 Å². The molecule has 1 aliphatic heterocycles. The van der Waals surface area contributed by atoms with Gasteiger partial charge in [0.25, 0.3) is 0 Å². The lowest BCUT2D eigenvalue weighted by atomic mass is 10.1. The largest absolute Gasteiger partial charge is 0.361 e. The van der Waals surface area contributed by atoms with Crippen LogP contribution in [-0.4, -0.2) is 40.5 Å². The average Bonchev–Trinajstić information content (AvgIpc) is 2.98. The van der Waals surface area contributed by atoms with Gasteiger partial charge in [-0.1, -0.05) is 5.16 Å². The Balaban J connectivity index is 1.88. The summed E-state index contributed by atoms with van der Waals surface area (Å²) in [6.07, 6.45) is 5.31. The van der Waals surface area contributed by atoms with E-state index in [1.54, 1.807) is 10.9 Å². The molecule has 19 heavy (non-hydrogen) atoms. The Labute approximate surface area is 110 Å². The number of aromatic nitrogens is 3. The number of rotatable bonds is 3. The Morgan fingerprint density at radius 1 is 1.47 bits per heavy atom. The highest BCUT2D eigenvalue weighted by Crippen LogP contribution is 2.24. The minimum absolute atomic E-state index is 0.328. The lowest BCUT2D eigenvalue weighted by Crippen LogP contribution is -2.35. The van der Waals surface area contributed by atoms with Crippen molar-refractivity contribution < 1.29 is 12.9 Å². The molecule has 8 heteroatoms. The molecule has 3 heterocycles. The summed E-state index contributed by atoms with van der Waals surface area (Å²) in [4.78, 5) is 0. The zero-order chi connectivity index (χ0) is 13.5. The molecule has 0 atom stereocenters. The van der Waals surface area contributed by atoms with Crippen LogP contribution >= 0.6 is 0 Å². The van der Waals surface area contributed by atoms with E-state index in [9.17, 15) is 8.42 Å². The van der Waals surface area contributed by atoms with Crippen LogP contribution in [0.5, 0.6) is 0 Å². The molecule has 0 aliphatic carbocycles. The summed E-state index contributed by atoms with van der Waals surface area (Å²) < 4.78 is 31.7. The minimum Gasteiger partial charge on any atom is -0.361 e. The predicted molar refractivity (Wildman–Crippen MR) is 66.8 cm³/mol. The molecule has 0 amide bonds. The number of hydrogen-bond acceptors (Lipinski definition) is 5. The van der Waals surface area contributed by atoms with E-state index in [0.29, 0.717) is 26.1 Å². The normalized spacial score (nSPS) is 16.5. The highest BCUT2D eigenvalue weighted by molar-refractivity contribution is 7.88. The molecule has 102 valence electrons. The van der Waals surface area contributed by atoms with Gasteiger partial charge in [-0.25, -0.2) is 8.42 Å². The summed E-state index contributed by atoms with van der Waals surface area (Å²) in [5.74, 6) is 0.780. The molecule has 0 saturated heterocycles. The van der Waals surface area contributed by atoms with Crippen molar-refractivity contribution >= 4 is 10.0 Å². The average molecular weight is 282 g/mol. The van der Waals surface area contributed by atoms with Crippen molar-refractivity contribution in [2.24, 2.45) is 0 Å². The fourth-order valence-electron chi connectivity index (χ4n) is 2.19. The third-order valence-electron chi connectivity index (χ3n) is 3.21. The van der Waals surface area contributed by atoms with Gasteiger partial charge >= 0.3 is 0 Å². The van der Waals surface area contributed by atoms with Crippen LogP contribution in [0.2, 0.25) is 0 Å². The molecule has 7 nitrogen and oxygen atoms in total. The van der Waals surface area contributed by atoms with Gasteiger partial charge in [0.15, 0.2) is 0 Å². The number of hydrogen-bond donors (Lipinski definition) is 0. The highest BCUT2D eigenvalue weighted by atomic mass is 32.2. The summed E-state index contributed by atoms with van der Waals surface area (Å²) in [7, 11) is -3.18. The van der Waals surface area contributed by atoms with Crippen molar-refractivity contribution in [2.45, 2.75) is 19.5 Å². The van der Waals surface area contributed by atoms with Gasteiger partial charge in [0.05, 0.1) is 12.8 Å². The second kappa shape index (κ2) is 4.46. The van der Waals surface area contributed by atoms with Crippen molar-refractivity contribution in [2.75, 3.05) is 12.8 Å². The van der Waals surface area contributed by atoms with E-state index < -0.39 is 10.0 Å². The Morgan fingerprint density at radius 2 is 2.32 bits per heavy atom. The smallest absolute Gasteiger partial charge is 0.211 e. The zero-order valence-corrected chi connectivity index (χ0v) is 11.3. The van der Waals surface area contributed by atoms with Crippen LogP contribution in [0, 0.1) is 0 Å². The first kappa shape index (κ1) is 12.4. The summed E-state index contributed by atoms with van der Waals surface area (Å²) in [6.45, 7) is 1.26. The van der Waals surface area contributed by atoms with Crippen molar-refractivity contribution in [1.29, 1.82) is 0 Å². The molecular formula is C11H14N4O3S. The van der Waals surface area contributed by atoms with E-state index in [4.69, 9.17) is 4.52 Å². The van der Waals surface area contributed by atoms with Crippen LogP contribution in [-0.2, 0) is 29.5 Å².